The van der Waals surface area contributed by atoms with Crippen molar-refractivity contribution >= 4 is 39.3 Å². The fourth-order valence-corrected chi connectivity index (χ4v) is 5.10. The molecule has 2 aromatic rings. The van der Waals surface area contributed by atoms with Crippen LogP contribution in [0.25, 0.3) is 0 Å². The summed E-state index contributed by atoms with van der Waals surface area (Å²) >= 11 is 0. The van der Waals surface area contributed by atoms with E-state index in [1.807, 2.05) is 0 Å². The SMILES string of the molecule is N[C@@H](CCC(=O)O)C(=O)N[C@@H](Cc1ccc(CP(=O)(F)F)cc1)C(=O)N[C@@H](Cc1ccc(CP(=O)(F)F)cc1)C(=O)O. The molecule has 0 aliphatic rings. The molecule has 0 spiro atoms. The minimum absolute atomic E-state index is 0.0608. The van der Waals surface area contributed by atoms with Crippen molar-refractivity contribution in [2.75, 3.05) is 0 Å². The van der Waals surface area contributed by atoms with Crippen molar-refractivity contribution < 1.29 is 55.3 Å². The van der Waals surface area contributed by atoms with Crippen molar-refractivity contribution in [2.45, 2.75) is 56.1 Å². The molecule has 0 unspecified atom stereocenters. The van der Waals surface area contributed by atoms with E-state index in [1.54, 1.807) is 0 Å². The summed E-state index contributed by atoms with van der Waals surface area (Å²) in [7, 11) is -10.6. The summed E-state index contributed by atoms with van der Waals surface area (Å²) in [4.78, 5) is 48.5. The van der Waals surface area contributed by atoms with E-state index < -0.39 is 76.1 Å². The number of aliphatic carboxylic acids is 2. The molecular weight excluding hydrogens is 608 g/mol. The molecule has 0 saturated carbocycles. The van der Waals surface area contributed by atoms with Gasteiger partial charge in [0.25, 0.3) is 0 Å². The Hall–Kier alpha value is -3.54. The predicted molar refractivity (Wildman–Crippen MR) is 144 cm³/mol. The predicted octanol–water partition coefficient (Wildman–Crippen LogP) is 3.98. The summed E-state index contributed by atoms with van der Waals surface area (Å²) in [5, 5.41) is 23.1. The number of nitrogens with one attached hydrogen (secondary N) is 2. The fourth-order valence-electron chi connectivity index (χ4n) is 3.83. The van der Waals surface area contributed by atoms with Crippen LogP contribution in [-0.4, -0.2) is 52.1 Å². The highest BCUT2D eigenvalue weighted by molar-refractivity contribution is 7.52. The standard InChI is InChI=1S/C25H29F4N3O8P2/c26-41(27,39)13-17-5-1-15(2-6-17)11-20(31-23(35)19(30)9-10-22(33)34)24(36)32-21(25(37)38)12-16-3-7-18(8-4-16)14-42(28,29)40/h1-8,19-21H,9-14,30H2,(H,31,35)(H,32,36)(H,33,34)(H,37,38)/t19-,20-,21-/m0/s1. The molecule has 230 valence electrons. The number of carboxylic acid groups (broad SMARTS) is 2. The van der Waals surface area contributed by atoms with E-state index >= 15 is 0 Å². The zero-order valence-electron chi connectivity index (χ0n) is 21.9. The van der Waals surface area contributed by atoms with Crippen molar-refractivity contribution in [3.8, 4) is 0 Å². The summed E-state index contributed by atoms with van der Waals surface area (Å²) < 4.78 is 73.0. The third kappa shape index (κ3) is 13.0. The lowest BCUT2D eigenvalue weighted by Crippen LogP contribution is -2.55. The first-order valence-electron chi connectivity index (χ1n) is 12.3. The van der Waals surface area contributed by atoms with Gasteiger partial charge in [-0.15, -0.1) is 0 Å². The first-order chi connectivity index (χ1) is 19.4. The van der Waals surface area contributed by atoms with Crippen molar-refractivity contribution in [1.82, 2.24) is 10.6 Å². The van der Waals surface area contributed by atoms with E-state index in [9.17, 15) is 50.2 Å². The van der Waals surface area contributed by atoms with Crippen molar-refractivity contribution in [3.63, 3.8) is 0 Å². The van der Waals surface area contributed by atoms with Crippen molar-refractivity contribution in [2.24, 2.45) is 5.73 Å². The van der Waals surface area contributed by atoms with Crippen LogP contribution >= 0.6 is 15.5 Å². The maximum absolute atomic E-state index is 13.2. The molecular formula is C25H29F4N3O8P2. The lowest BCUT2D eigenvalue weighted by molar-refractivity contribution is -0.142. The number of carboxylic acids is 2. The number of carbonyl (C=O) groups is 4. The Labute approximate surface area is 238 Å². The van der Waals surface area contributed by atoms with E-state index in [1.165, 1.54) is 48.5 Å². The Morgan fingerprint density at radius 3 is 1.45 bits per heavy atom. The minimum Gasteiger partial charge on any atom is -0.481 e. The molecule has 0 bridgehead atoms. The molecule has 17 heteroatoms. The summed E-state index contributed by atoms with van der Waals surface area (Å²) in [5.74, 6) is -4.53. The maximum atomic E-state index is 13.2. The Morgan fingerprint density at radius 1 is 0.690 bits per heavy atom. The molecule has 2 rings (SSSR count). The highest BCUT2D eigenvalue weighted by atomic mass is 31.2. The molecule has 0 radical (unpaired) electrons. The Kier molecular flexibility index (Phi) is 12.4. The number of benzene rings is 2. The largest absolute Gasteiger partial charge is 0.481 e. The fraction of sp³-hybridized carbons (Fsp3) is 0.360. The minimum atomic E-state index is -5.33. The number of hydrogen-bond acceptors (Lipinski definition) is 7. The number of nitrogens with two attached hydrogens (primary N) is 1. The second kappa shape index (κ2) is 15.1. The second-order valence-electron chi connectivity index (χ2n) is 9.50. The second-order valence-corrected chi connectivity index (χ2v) is 12.4. The van der Waals surface area contributed by atoms with Crippen LogP contribution in [0.15, 0.2) is 48.5 Å². The molecule has 11 nitrogen and oxygen atoms in total. The van der Waals surface area contributed by atoms with Gasteiger partial charge in [-0.3, -0.25) is 14.4 Å². The monoisotopic (exact) mass is 637 g/mol. The molecule has 0 fully saturated rings. The topological polar surface area (TPSA) is 193 Å². The molecule has 0 aliphatic carbocycles. The number of amides is 2. The van der Waals surface area contributed by atoms with E-state index in [-0.39, 0.29) is 30.4 Å². The highest BCUT2D eigenvalue weighted by Gasteiger charge is 2.29. The van der Waals surface area contributed by atoms with E-state index in [4.69, 9.17) is 10.8 Å². The molecule has 0 saturated heterocycles. The molecule has 0 aromatic heterocycles. The third-order valence-electron chi connectivity index (χ3n) is 5.91. The molecule has 42 heavy (non-hydrogen) atoms. The lowest BCUT2D eigenvalue weighted by atomic mass is 10.0. The van der Waals surface area contributed by atoms with Crippen LogP contribution in [0.4, 0.5) is 16.8 Å². The molecule has 2 amide bonds. The molecule has 0 aliphatic heterocycles. The molecule has 2 aromatic carbocycles. The summed E-state index contributed by atoms with van der Waals surface area (Å²) in [6, 6.07) is 6.09. The zero-order chi connectivity index (χ0) is 31.7. The van der Waals surface area contributed by atoms with Gasteiger partial charge in [-0.1, -0.05) is 48.5 Å². The molecule has 3 atom stereocenters. The Morgan fingerprint density at radius 2 is 1.07 bits per heavy atom. The van der Waals surface area contributed by atoms with Crippen LogP contribution in [-0.2, 0) is 53.5 Å². The van der Waals surface area contributed by atoms with Crippen LogP contribution in [0.3, 0.4) is 0 Å². The van der Waals surface area contributed by atoms with Gasteiger partial charge in [0.2, 0.25) is 11.8 Å². The molecule has 0 heterocycles. The van der Waals surface area contributed by atoms with Gasteiger partial charge in [-0.2, -0.15) is 16.8 Å². The van der Waals surface area contributed by atoms with Gasteiger partial charge in [-0.05, 0) is 28.7 Å². The smallest absolute Gasteiger partial charge is 0.407 e. The number of rotatable bonds is 16. The maximum Gasteiger partial charge on any atom is 0.407 e. The first-order valence-corrected chi connectivity index (χ1v) is 15.7. The van der Waals surface area contributed by atoms with Gasteiger partial charge in [0.05, 0.1) is 18.4 Å². The summed E-state index contributed by atoms with van der Waals surface area (Å²) in [6.45, 7) is 0. The van der Waals surface area contributed by atoms with Crippen LogP contribution in [0, 0.1) is 0 Å². The summed E-state index contributed by atoms with van der Waals surface area (Å²) in [6.07, 6.45) is -3.15. The quantitative estimate of drug-likeness (QED) is 0.134. The van der Waals surface area contributed by atoms with E-state index in [2.05, 4.69) is 10.6 Å². The average Bonchev–Trinajstić information content (AvgIpc) is 2.86. The molecule has 6 N–H and O–H groups in total. The number of carbonyl (C=O) groups excluding carboxylic acids is 2. The van der Waals surface area contributed by atoms with Crippen LogP contribution in [0.2, 0.25) is 0 Å². The van der Waals surface area contributed by atoms with Gasteiger partial charge < -0.3 is 26.6 Å². The average molecular weight is 637 g/mol. The normalized spacial score (nSPS) is 13.9. The highest BCUT2D eigenvalue weighted by Crippen LogP contribution is 2.52. The van der Waals surface area contributed by atoms with Gasteiger partial charge in [-0.25, -0.2) is 13.9 Å². The van der Waals surface area contributed by atoms with Crippen molar-refractivity contribution in [3.05, 3.63) is 70.8 Å². The third-order valence-corrected chi connectivity index (χ3v) is 7.38. The Balaban J connectivity index is 2.22. The van der Waals surface area contributed by atoms with Crippen LogP contribution in [0.1, 0.15) is 35.1 Å². The first kappa shape index (κ1) is 34.7. The van der Waals surface area contributed by atoms with Gasteiger partial charge in [0, 0.05) is 19.3 Å². The van der Waals surface area contributed by atoms with Gasteiger partial charge in [0.15, 0.2) is 0 Å². The van der Waals surface area contributed by atoms with Gasteiger partial charge >= 0.3 is 27.5 Å². The van der Waals surface area contributed by atoms with E-state index in [0.29, 0.717) is 11.1 Å². The number of hydrogen-bond donors (Lipinski definition) is 5. The zero-order valence-corrected chi connectivity index (χ0v) is 23.7. The lowest BCUT2D eigenvalue weighted by Gasteiger charge is -2.23. The van der Waals surface area contributed by atoms with Crippen LogP contribution < -0.4 is 16.4 Å². The van der Waals surface area contributed by atoms with Gasteiger partial charge in [0.1, 0.15) is 12.1 Å². The van der Waals surface area contributed by atoms with E-state index in [0.717, 1.165) is 0 Å². The van der Waals surface area contributed by atoms with Crippen molar-refractivity contribution in [1.29, 1.82) is 0 Å². The van der Waals surface area contributed by atoms with Crippen LogP contribution in [0.5, 0.6) is 0 Å². The Bertz CT molecular complexity index is 1370. The number of halogens is 4. The summed E-state index contributed by atoms with van der Waals surface area (Å²) in [5.41, 5.74) is 6.54.